The second-order valence-electron chi connectivity index (χ2n) is 4.85. The van der Waals surface area contributed by atoms with Crippen LogP contribution in [-0.2, 0) is 19.7 Å². The summed E-state index contributed by atoms with van der Waals surface area (Å²) in [6.07, 6.45) is 4.15. The zero-order chi connectivity index (χ0) is 16.5. The number of allylic oxidation sites excluding steroid dienone is 2. The third kappa shape index (κ3) is 3.33. The van der Waals surface area contributed by atoms with E-state index in [0.717, 1.165) is 24.3 Å². The molecule has 0 N–H and O–H groups in total. The fourth-order valence-electron chi connectivity index (χ4n) is 2.16. The fraction of sp³-hybridized carbons (Fsp3) is 0.286. The Morgan fingerprint density at radius 2 is 1.73 bits per heavy atom. The smallest absolute Gasteiger partial charge is 0.200 e. The molecule has 0 radical (unpaired) electrons. The topological polar surface area (TPSA) is 80.8 Å². The van der Waals surface area contributed by atoms with Gasteiger partial charge in [0.25, 0.3) is 0 Å². The van der Waals surface area contributed by atoms with E-state index >= 15 is 0 Å². The van der Waals surface area contributed by atoms with Crippen molar-refractivity contribution in [3.05, 3.63) is 46.5 Å². The van der Waals surface area contributed by atoms with E-state index in [1.807, 2.05) is 30.0 Å². The van der Waals surface area contributed by atoms with Gasteiger partial charge in [0, 0.05) is 25.1 Å². The summed E-state index contributed by atoms with van der Waals surface area (Å²) in [6, 6.07) is 7.35. The van der Waals surface area contributed by atoms with Gasteiger partial charge in [0.15, 0.2) is 29.7 Å². The molecule has 2 rings (SSSR count). The van der Waals surface area contributed by atoms with E-state index in [1.165, 1.54) is 6.08 Å². The summed E-state index contributed by atoms with van der Waals surface area (Å²) in [5, 5.41) is 0. The van der Waals surface area contributed by atoms with Crippen LogP contribution in [0.3, 0.4) is 0 Å². The minimum absolute atomic E-state index is 0.383. The minimum Gasteiger partial charge on any atom is -0.439 e. The van der Waals surface area contributed by atoms with Crippen LogP contribution < -0.4 is 9.64 Å². The van der Waals surface area contributed by atoms with Crippen LogP contribution in [0.1, 0.15) is 6.92 Å². The molecule has 0 saturated heterocycles. The number of nitrogens with zero attached hydrogens (tertiary/aromatic N) is 1. The summed E-state index contributed by atoms with van der Waals surface area (Å²) >= 11 is 0. The first-order chi connectivity index (χ1) is 10.1. The lowest BCUT2D eigenvalue weighted by atomic mass is 10.3. The van der Waals surface area contributed by atoms with Crippen molar-refractivity contribution < 1.29 is 21.6 Å². The molecule has 0 unspecified atom stereocenters. The Morgan fingerprint density at radius 1 is 1.14 bits per heavy atom. The molecule has 1 aliphatic heterocycles. The van der Waals surface area contributed by atoms with E-state index in [9.17, 15) is 16.8 Å². The van der Waals surface area contributed by atoms with Crippen molar-refractivity contribution in [2.45, 2.75) is 6.92 Å². The first kappa shape index (κ1) is 16.6. The van der Waals surface area contributed by atoms with Crippen LogP contribution in [0.4, 0.5) is 5.69 Å². The summed E-state index contributed by atoms with van der Waals surface area (Å²) in [6.45, 7) is 2.51. The Labute approximate surface area is 130 Å². The molecule has 120 valence electrons. The molecular formula is C14H17NO5S2. The van der Waals surface area contributed by atoms with E-state index < -0.39 is 23.9 Å². The van der Waals surface area contributed by atoms with E-state index in [2.05, 4.69) is 0 Å². The van der Waals surface area contributed by atoms with Gasteiger partial charge in [-0.05, 0) is 25.1 Å². The molecule has 22 heavy (non-hydrogen) atoms. The highest BCUT2D eigenvalue weighted by Crippen LogP contribution is 2.38. The molecule has 0 amide bonds. The molecular weight excluding hydrogens is 326 g/mol. The number of anilines is 1. The summed E-state index contributed by atoms with van der Waals surface area (Å²) in [5.41, 5.74) is 0.852. The molecule has 0 fully saturated rings. The van der Waals surface area contributed by atoms with Gasteiger partial charge in [0.2, 0.25) is 5.88 Å². The van der Waals surface area contributed by atoms with Gasteiger partial charge >= 0.3 is 0 Å². The molecule has 1 aromatic carbocycles. The highest BCUT2D eigenvalue weighted by molar-refractivity contribution is 8.13. The third-order valence-electron chi connectivity index (χ3n) is 3.05. The largest absolute Gasteiger partial charge is 0.439 e. The highest BCUT2D eigenvalue weighted by atomic mass is 32.3. The van der Waals surface area contributed by atoms with Crippen molar-refractivity contribution in [3.63, 3.8) is 0 Å². The summed E-state index contributed by atoms with van der Waals surface area (Å²) < 4.78 is 51.5. The molecule has 1 heterocycles. The van der Waals surface area contributed by atoms with Crippen molar-refractivity contribution in [1.82, 2.24) is 0 Å². The molecule has 8 heteroatoms. The van der Waals surface area contributed by atoms with E-state index in [1.54, 1.807) is 6.07 Å². The first-order valence-corrected chi connectivity index (χ1v) is 10.3. The van der Waals surface area contributed by atoms with E-state index in [-0.39, 0.29) is 0 Å². The molecule has 0 atom stereocenters. The van der Waals surface area contributed by atoms with Crippen LogP contribution in [0.2, 0.25) is 0 Å². The van der Waals surface area contributed by atoms with Gasteiger partial charge in [-0.3, -0.25) is 0 Å². The monoisotopic (exact) mass is 343 g/mol. The zero-order valence-corrected chi connectivity index (χ0v) is 14.1. The average Bonchev–Trinajstić information content (AvgIpc) is 2.73. The van der Waals surface area contributed by atoms with Gasteiger partial charge in [0.1, 0.15) is 0 Å². The second-order valence-corrected chi connectivity index (χ2v) is 9.08. The van der Waals surface area contributed by atoms with Crippen LogP contribution in [-0.4, -0.2) is 35.9 Å². The molecule has 1 aromatic rings. The Morgan fingerprint density at radius 3 is 2.27 bits per heavy atom. The van der Waals surface area contributed by atoms with Crippen molar-refractivity contribution >= 4 is 25.4 Å². The fourth-order valence-corrected chi connectivity index (χ4v) is 4.99. The quantitative estimate of drug-likeness (QED) is 0.827. The van der Waals surface area contributed by atoms with Crippen molar-refractivity contribution in [3.8, 4) is 5.75 Å². The lowest BCUT2D eigenvalue weighted by molar-refractivity contribution is 0.440. The summed E-state index contributed by atoms with van der Waals surface area (Å²) in [4.78, 5) is 1.83. The second kappa shape index (κ2) is 5.77. The van der Waals surface area contributed by atoms with Crippen LogP contribution in [0.15, 0.2) is 46.5 Å². The minimum atomic E-state index is -3.85. The molecule has 1 aliphatic rings. The van der Waals surface area contributed by atoms with E-state index in [4.69, 9.17) is 4.74 Å². The number of hydrogen-bond acceptors (Lipinski definition) is 6. The zero-order valence-electron chi connectivity index (χ0n) is 12.5. The van der Waals surface area contributed by atoms with Crippen LogP contribution in [0, 0.1) is 0 Å². The molecule has 0 aliphatic carbocycles. The third-order valence-corrected chi connectivity index (χ3v) is 6.60. The lowest BCUT2D eigenvalue weighted by Gasteiger charge is -2.15. The Balaban J connectivity index is 2.48. The Bertz CT molecular complexity index is 817. The summed E-state index contributed by atoms with van der Waals surface area (Å²) in [7, 11) is -7.70. The van der Waals surface area contributed by atoms with Crippen LogP contribution >= 0.6 is 0 Å². The van der Waals surface area contributed by atoms with Crippen molar-refractivity contribution in [2.24, 2.45) is 0 Å². The number of para-hydroxylation sites is 2. The average molecular weight is 343 g/mol. The lowest BCUT2D eigenvalue weighted by Crippen LogP contribution is -2.19. The number of sulfone groups is 2. The number of fused-ring (bicyclic) bond motifs is 1. The standard InChI is InChI=1S/C14H17NO5S2/c1-4-15-11-7-5-6-8-12(11)20-13(15)9-10-14(21(2,16)17)22(3,18)19/h5-10H,4H2,1-3H3. The molecule has 0 spiro atoms. The van der Waals surface area contributed by atoms with Gasteiger partial charge in [-0.1, -0.05) is 12.1 Å². The predicted octanol–water partition coefficient (Wildman–Crippen LogP) is 1.68. The number of benzene rings is 1. The van der Waals surface area contributed by atoms with Crippen molar-refractivity contribution in [2.75, 3.05) is 24.0 Å². The number of ether oxygens (including phenoxy) is 1. The SMILES string of the molecule is CCN1C(=CC=C(S(C)(=O)=O)S(C)(=O)=O)Oc2ccccc21. The maximum atomic E-state index is 11.6. The number of rotatable bonds is 4. The molecule has 0 saturated carbocycles. The maximum Gasteiger partial charge on any atom is 0.200 e. The predicted molar refractivity (Wildman–Crippen MR) is 85.9 cm³/mol. The Hall–Kier alpha value is -1.80. The maximum absolute atomic E-state index is 11.6. The summed E-state index contributed by atoms with van der Waals surface area (Å²) in [5.74, 6) is 1.03. The van der Waals surface area contributed by atoms with Gasteiger partial charge in [0.05, 0.1) is 5.69 Å². The highest BCUT2D eigenvalue weighted by Gasteiger charge is 2.25. The first-order valence-electron chi connectivity index (χ1n) is 6.51. The normalized spacial score (nSPS) is 16.3. The van der Waals surface area contributed by atoms with Gasteiger partial charge in [-0.25, -0.2) is 16.8 Å². The van der Waals surface area contributed by atoms with Gasteiger partial charge in [-0.15, -0.1) is 0 Å². The van der Waals surface area contributed by atoms with Gasteiger partial charge in [-0.2, -0.15) is 0 Å². The van der Waals surface area contributed by atoms with E-state index in [0.29, 0.717) is 18.2 Å². The van der Waals surface area contributed by atoms with Crippen LogP contribution in [0.5, 0.6) is 5.75 Å². The molecule has 0 aromatic heterocycles. The van der Waals surface area contributed by atoms with Crippen LogP contribution in [0.25, 0.3) is 0 Å². The van der Waals surface area contributed by atoms with Gasteiger partial charge < -0.3 is 9.64 Å². The Kier molecular flexibility index (Phi) is 4.35. The molecule has 6 nitrogen and oxygen atoms in total. The number of hydrogen-bond donors (Lipinski definition) is 0. The molecule has 0 bridgehead atoms. The van der Waals surface area contributed by atoms with Crippen molar-refractivity contribution in [1.29, 1.82) is 0 Å².